The maximum atomic E-state index is 13.2. The van der Waals surface area contributed by atoms with Crippen molar-refractivity contribution in [2.24, 2.45) is 0 Å². The number of hydrogen-bond donors (Lipinski definition) is 1. The maximum absolute atomic E-state index is 13.2. The number of carbonyl (C=O) groups excluding carboxylic acids is 1. The van der Waals surface area contributed by atoms with Gasteiger partial charge in [0.25, 0.3) is 0 Å². The van der Waals surface area contributed by atoms with E-state index >= 15 is 0 Å². The molecule has 1 fully saturated rings. The van der Waals surface area contributed by atoms with Gasteiger partial charge in [0.2, 0.25) is 10.0 Å². The van der Waals surface area contributed by atoms with Crippen LogP contribution >= 0.6 is 11.6 Å². The second-order valence-corrected chi connectivity index (χ2v) is 10.1. The molecule has 11 heteroatoms. The number of urea groups is 1. The van der Waals surface area contributed by atoms with Gasteiger partial charge < -0.3 is 10.0 Å². The number of amides is 3. The monoisotopic (exact) mass is 478 g/mol. The average Bonchev–Trinajstić information content (AvgIpc) is 3.21. The number of nitrogens with zero attached hydrogens (tertiary/aromatic N) is 4. The number of benzene rings is 2. The number of anilines is 2. The van der Waals surface area contributed by atoms with Crippen LogP contribution in [0.4, 0.5) is 21.0 Å². The molecule has 2 heterocycles. The standard InChI is InChI=1S/C21H23ClN4O5S/c1-23(21(28)29)20(27)26-8-7-15-13-18(5-6-19(15)26)32(30,31)25-11-9-24(10-12-25)17-4-2-3-16(22)14-17/h2-6,13-14H,7-12H2,1H3,(H,28,29). The highest BCUT2D eigenvalue weighted by molar-refractivity contribution is 7.89. The second kappa shape index (κ2) is 8.61. The van der Waals surface area contributed by atoms with E-state index in [4.69, 9.17) is 16.7 Å². The quantitative estimate of drug-likeness (QED) is 0.727. The molecular formula is C21H23ClN4O5S. The lowest BCUT2D eigenvalue weighted by atomic mass is 10.2. The van der Waals surface area contributed by atoms with Crippen LogP contribution in [-0.2, 0) is 16.4 Å². The molecule has 4 rings (SSSR count). The van der Waals surface area contributed by atoms with E-state index in [1.165, 1.54) is 22.3 Å². The Morgan fingerprint density at radius 1 is 1.03 bits per heavy atom. The molecule has 0 bridgehead atoms. The molecule has 2 aliphatic heterocycles. The van der Waals surface area contributed by atoms with Crippen molar-refractivity contribution in [2.45, 2.75) is 11.3 Å². The van der Waals surface area contributed by atoms with Gasteiger partial charge in [-0.15, -0.1) is 0 Å². The lowest BCUT2D eigenvalue weighted by Crippen LogP contribution is -2.48. The van der Waals surface area contributed by atoms with Gasteiger partial charge in [0.15, 0.2) is 0 Å². The first-order valence-corrected chi connectivity index (χ1v) is 11.9. The summed E-state index contributed by atoms with van der Waals surface area (Å²) in [6.07, 6.45) is -0.889. The maximum Gasteiger partial charge on any atom is 0.415 e. The number of hydrogen-bond acceptors (Lipinski definition) is 5. The Kier molecular flexibility index (Phi) is 6.02. The number of sulfonamides is 1. The summed E-state index contributed by atoms with van der Waals surface area (Å²) in [5, 5.41) is 9.68. The Bertz CT molecular complexity index is 1160. The average molecular weight is 479 g/mol. The van der Waals surface area contributed by atoms with Gasteiger partial charge >= 0.3 is 12.1 Å². The molecule has 0 unspecified atom stereocenters. The molecule has 2 aliphatic rings. The number of halogens is 1. The van der Waals surface area contributed by atoms with Crippen molar-refractivity contribution in [1.29, 1.82) is 0 Å². The molecule has 0 radical (unpaired) electrons. The van der Waals surface area contributed by atoms with Crippen molar-refractivity contribution in [3.05, 3.63) is 53.1 Å². The first-order chi connectivity index (χ1) is 15.2. The van der Waals surface area contributed by atoms with Gasteiger partial charge in [0, 0.05) is 56.2 Å². The fourth-order valence-corrected chi connectivity index (χ4v) is 5.67. The third kappa shape index (κ3) is 4.13. The molecular weight excluding hydrogens is 456 g/mol. The summed E-state index contributed by atoms with van der Waals surface area (Å²) < 4.78 is 27.9. The van der Waals surface area contributed by atoms with Crippen molar-refractivity contribution in [3.8, 4) is 0 Å². The van der Waals surface area contributed by atoms with E-state index in [1.54, 1.807) is 18.2 Å². The first kappa shape index (κ1) is 22.4. The minimum absolute atomic E-state index is 0.174. The van der Waals surface area contributed by atoms with E-state index in [1.807, 2.05) is 18.2 Å². The predicted octanol–water partition coefficient (Wildman–Crippen LogP) is 2.94. The molecule has 0 aromatic heterocycles. The van der Waals surface area contributed by atoms with Crippen LogP contribution in [0.15, 0.2) is 47.4 Å². The fourth-order valence-electron chi connectivity index (χ4n) is 4.01. The normalized spacial score (nSPS) is 16.7. The number of carbonyl (C=O) groups is 2. The summed E-state index contributed by atoms with van der Waals surface area (Å²) in [5.74, 6) is 0. The minimum Gasteiger partial charge on any atom is -0.465 e. The van der Waals surface area contributed by atoms with Crippen LogP contribution in [0, 0.1) is 0 Å². The Balaban J connectivity index is 1.49. The molecule has 0 atom stereocenters. The van der Waals surface area contributed by atoms with Gasteiger partial charge in [-0.1, -0.05) is 17.7 Å². The molecule has 3 amide bonds. The van der Waals surface area contributed by atoms with Crippen LogP contribution in [0.2, 0.25) is 5.02 Å². The molecule has 0 aliphatic carbocycles. The summed E-state index contributed by atoms with van der Waals surface area (Å²) in [6.45, 7) is 2.09. The molecule has 0 saturated carbocycles. The van der Waals surface area contributed by atoms with Crippen molar-refractivity contribution in [2.75, 3.05) is 49.6 Å². The first-order valence-electron chi connectivity index (χ1n) is 10.1. The minimum atomic E-state index is -3.69. The van der Waals surface area contributed by atoms with E-state index in [0.717, 1.165) is 5.69 Å². The SMILES string of the molecule is CN(C(=O)O)C(=O)N1CCc2cc(S(=O)(=O)N3CCN(c4cccc(Cl)c4)CC3)ccc21. The van der Waals surface area contributed by atoms with Crippen LogP contribution in [0.1, 0.15) is 5.56 Å². The second-order valence-electron chi connectivity index (χ2n) is 7.69. The van der Waals surface area contributed by atoms with Crippen LogP contribution < -0.4 is 9.80 Å². The Labute approximate surface area is 191 Å². The summed E-state index contributed by atoms with van der Waals surface area (Å²) >= 11 is 6.07. The number of piperazine rings is 1. The zero-order valence-electron chi connectivity index (χ0n) is 17.4. The van der Waals surface area contributed by atoms with Gasteiger partial charge in [-0.25, -0.2) is 22.9 Å². The van der Waals surface area contributed by atoms with Gasteiger partial charge in [-0.05, 0) is 48.4 Å². The molecule has 32 heavy (non-hydrogen) atoms. The summed E-state index contributed by atoms with van der Waals surface area (Å²) in [4.78, 5) is 27.7. The highest BCUT2D eigenvalue weighted by Crippen LogP contribution is 2.32. The molecule has 2 aromatic carbocycles. The summed E-state index contributed by atoms with van der Waals surface area (Å²) in [6, 6.07) is 11.5. The highest BCUT2D eigenvalue weighted by atomic mass is 35.5. The van der Waals surface area contributed by atoms with Gasteiger partial charge in [-0.3, -0.25) is 4.90 Å². The molecule has 0 spiro atoms. The van der Waals surface area contributed by atoms with Crippen LogP contribution in [0.25, 0.3) is 0 Å². The van der Waals surface area contributed by atoms with E-state index in [-0.39, 0.29) is 4.90 Å². The third-order valence-electron chi connectivity index (χ3n) is 5.80. The third-order valence-corrected chi connectivity index (χ3v) is 7.93. The molecule has 1 saturated heterocycles. The lowest BCUT2D eigenvalue weighted by molar-refractivity contribution is 0.159. The zero-order valence-corrected chi connectivity index (χ0v) is 19.0. The van der Waals surface area contributed by atoms with Crippen molar-refractivity contribution >= 4 is 45.1 Å². The smallest absolute Gasteiger partial charge is 0.415 e. The van der Waals surface area contributed by atoms with Gasteiger partial charge in [-0.2, -0.15) is 4.31 Å². The molecule has 9 nitrogen and oxygen atoms in total. The Hall–Kier alpha value is -2.82. The van der Waals surface area contributed by atoms with E-state index in [2.05, 4.69) is 4.90 Å². The van der Waals surface area contributed by atoms with E-state index in [0.29, 0.717) is 60.3 Å². The Morgan fingerprint density at radius 3 is 2.41 bits per heavy atom. The van der Waals surface area contributed by atoms with Crippen LogP contribution in [0.3, 0.4) is 0 Å². The number of carboxylic acid groups (broad SMARTS) is 1. The zero-order chi connectivity index (χ0) is 23.0. The Morgan fingerprint density at radius 2 is 1.75 bits per heavy atom. The van der Waals surface area contributed by atoms with Crippen molar-refractivity contribution in [3.63, 3.8) is 0 Å². The number of rotatable bonds is 3. The largest absolute Gasteiger partial charge is 0.465 e. The lowest BCUT2D eigenvalue weighted by Gasteiger charge is -2.35. The van der Waals surface area contributed by atoms with Crippen molar-refractivity contribution in [1.82, 2.24) is 9.21 Å². The van der Waals surface area contributed by atoms with Gasteiger partial charge in [0.1, 0.15) is 0 Å². The van der Waals surface area contributed by atoms with Crippen LogP contribution in [-0.4, -0.2) is 74.6 Å². The van der Waals surface area contributed by atoms with E-state index in [9.17, 15) is 18.0 Å². The summed E-state index contributed by atoms with van der Waals surface area (Å²) in [5.41, 5.74) is 2.20. The molecule has 2 aromatic rings. The highest BCUT2D eigenvalue weighted by Gasteiger charge is 2.33. The molecule has 170 valence electrons. The van der Waals surface area contributed by atoms with Crippen molar-refractivity contribution < 1.29 is 23.1 Å². The fraction of sp³-hybridized carbons (Fsp3) is 0.333. The summed E-state index contributed by atoms with van der Waals surface area (Å²) in [7, 11) is -2.51. The number of fused-ring (bicyclic) bond motifs is 1. The topological polar surface area (TPSA) is 101 Å². The van der Waals surface area contributed by atoms with Gasteiger partial charge in [0.05, 0.1) is 4.90 Å². The van der Waals surface area contributed by atoms with E-state index < -0.39 is 22.1 Å². The van der Waals surface area contributed by atoms with Crippen LogP contribution in [0.5, 0.6) is 0 Å². The number of imide groups is 1. The predicted molar refractivity (Wildman–Crippen MR) is 121 cm³/mol. The molecule has 1 N–H and O–H groups in total.